The van der Waals surface area contributed by atoms with Crippen LogP contribution in [0.25, 0.3) is 0 Å². The normalized spacial score (nSPS) is 44.9. The van der Waals surface area contributed by atoms with Gasteiger partial charge in [0, 0.05) is 23.9 Å². The van der Waals surface area contributed by atoms with Crippen LogP contribution in [0.3, 0.4) is 0 Å². The van der Waals surface area contributed by atoms with Crippen molar-refractivity contribution in [1.82, 2.24) is 10.2 Å². The minimum Gasteiger partial charge on any atom is -0.362 e. The van der Waals surface area contributed by atoms with E-state index in [1.165, 1.54) is 62.3 Å². The molecule has 4 heteroatoms. The Morgan fingerprint density at radius 2 is 1.85 bits per heavy atom. The molecule has 4 rings (SSSR count). The van der Waals surface area contributed by atoms with Gasteiger partial charge in [0.05, 0.1) is 6.04 Å². The predicted molar refractivity (Wildman–Crippen MR) is 86.4 cm³/mol. The summed E-state index contributed by atoms with van der Waals surface area (Å²) in [4.78, 5) is 7.65. The third-order valence-corrected chi connectivity index (χ3v) is 7.10. The van der Waals surface area contributed by atoms with Crippen LogP contribution in [0, 0.1) is 5.92 Å². The first-order valence-corrected chi connectivity index (χ1v) is 9.47. The van der Waals surface area contributed by atoms with Crippen molar-refractivity contribution in [3.05, 3.63) is 0 Å². The Morgan fingerprint density at radius 3 is 2.65 bits per heavy atom. The first-order chi connectivity index (χ1) is 9.79. The molecule has 1 saturated carbocycles. The topological polar surface area (TPSA) is 27.6 Å². The molecule has 1 N–H and O–H groups in total. The fourth-order valence-corrected chi connectivity index (χ4v) is 5.96. The van der Waals surface area contributed by atoms with Gasteiger partial charge in [-0.05, 0) is 51.5 Å². The summed E-state index contributed by atoms with van der Waals surface area (Å²) in [5.41, 5.74) is 0. The lowest BCUT2D eigenvalue weighted by molar-refractivity contribution is 0.0530. The molecule has 4 unspecified atom stereocenters. The van der Waals surface area contributed by atoms with E-state index in [2.05, 4.69) is 17.3 Å². The van der Waals surface area contributed by atoms with Crippen molar-refractivity contribution in [2.24, 2.45) is 10.9 Å². The second-order valence-corrected chi connectivity index (χ2v) is 8.23. The van der Waals surface area contributed by atoms with Crippen molar-refractivity contribution in [3.8, 4) is 0 Å². The Labute approximate surface area is 127 Å². The largest absolute Gasteiger partial charge is 0.362 e. The number of nitrogens with one attached hydrogen (secondary N) is 1. The summed E-state index contributed by atoms with van der Waals surface area (Å²) < 4.78 is 0. The van der Waals surface area contributed by atoms with E-state index in [4.69, 9.17) is 4.99 Å². The van der Waals surface area contributed by atoms with Gasteiger partial charge >= 0.3 is 0 Å². The van der Waals surface area contributed by atoms with E-state index in [0.29, 0.717) is 12.1 Å². The lowest BCUT2D eigenvalue weighted by Crippen LogP contribution is -2.55. The van der Waals surface area contributed by atoms with Crippen molar-refractivity contribution < 1.29 is 0 Å². The molecule has 0 amide bonds. The molecule has 3 fully saturated rings. The Morgan fingerprint density at radius 1 is 1.10 bits per heavy atom. The molecule has 0 spiro atoms. The van der Waals surface area contributed by atoms with Gasteiger partial charge in [-0.3, -0.25) is 4.99 Å². The maximum absolute atomic E-state index is 5.01. The predicted octanol–water partition coefficient (Wildman–Crippen LogP) is 2.86. The molecule has 0 radical (unpaired) electrons. The van der Waals surface area contributed by atoms with Crippen LogP contribution >= 0.6 is 11.8 Å². The Kier molecular flexibility index (Phi) is 3.71. The van der Waals surface area contributed by atoms with E-state index in [1.807, 2.05) is 11.8 Å². The van der Waals surface area contributed by atoms with Crippen molar-refractivity contribution in [3.63, 3.8) is 0 Å². The molecule has 4 atom stereocenters. The van der Waals surface area contributed by atoms with Crippen LogP contribution in [0.5, 0.6) is 0 Å². The van der Waals surface area contributed by atoms with Gasteiger partial charge in [0.25, 0.3) is 0 Å². The van der Waals surface area contributed by atoms with Crippen molar-refractivity contribution >= 4 is 16.9 Å². The summed E-state index contributed by atoms with van der Waals surface area (Å²) in [6.07, 6.45) is 11.0. The van der Waals surface area contributed by atoms with Gasteiger partial charge in [0.2, 0.25) is 0 Å². The summed E-state index contributed by atoms with van der Waals surface area (Å²) in [6, 6.07) is 2.94. The van der Waals surface area contributed by atoms with Crippen LogP contribution in [0.1, 0.15) is 51.4 Å². The van der Waals surface area contributed by atoms with Gasteiger partial charge in [-0.25, -0.2) is 0 Å². The molecule has 3 aliphatic heterocycles. The quantitative estimate of drug-likeness (QED) is 0.805. The van der Waals surface area contributed by atoms with E-state index >= 15 is 0 Å². The number of piperidine rings is 2. The van der Waals surface area contributed by atoms with Gasteiger partial charge in [0.15, 0.2) is 5.17 Å². The number of rotatable bonds is 1. The average molecular weight is 293 g/mol. The van der Waals surface area contributed by atoms with Crippen LogP contribution in [0.2, 0.25) is 0 Å². The molecular weight excluding hydrogens is 266 g/mol. The monoisotopic (exact) mass is 293 g/mol. The van der Waals surface area contributed by atoms with Crippen molar-refractivity contribution in [1.29, 1.82) is 0 Å². The van der Waals surface area contributed by atoms with Crippen LogP contribution in [-0.4, -0.2) is 47.0 Å². The summed E-state index contributed by atoms with van der Waals surface area (Å²) in [6.45, 7) is 0. The lowest BCUT2D eigenvalue weighted by Gasteiger charge is -2.47. The second kappa shape index (κ2) is 5.53. The third kappa shape index (κ3) is 2.50. The van der Waals surface area contributed by atoms with E-state index in [-0.39, 0.29) is 0 Å². The van der Waals surface area contributed by atoms with Crippen LogP contribution in [0.15, 0.2) is 4.99 Å². The number of hydrogen-bond donors (Lipinski definition) is 1. The highest BCUT2D eigenvalue weighted by atomic mass is 32.2. The Balaban J connectivity index is 1.40. The second-order valence-electron chi connectivity index (χ2n) is 7.22. The number of amidine groups is 1. The molecule has 1 aliphatic carbocycles. The number of fused-ring (bicyclic) bond motifs is 3. The molecule has 20 heavy (non-hydrogen) atoms. The highest BCUT2D eigenvalue weighted by Crippen LogP contribution is 2.36. The number of nitrogens with zero attached hydrogens (tertiary/aromatic N) is 2. The van der Waals surface area contributed by atoms with E-state index in [0.717, 1.165) is 18.0 Å². The Bertz CT molecular complexity index is 383. The molecule has 0 aromatic rings. The molecular formula is C16H27N3S. The van der Waals surface area contributed by atoms with Crippen LogP contribution in [0.4, 0.5) is 0 Å². The highest BCUT2D eigenvalue weighted by molar-refractivity contribution is 8.13. The fourth-order valence-electron chi connectivity index (χ4n) is 4.74. The molecule has 4 aliphatic rings. The van der Waals surface area contributed by atoms with Gasteiger partial charge in [0.1, 0.15) is 0 Å². The fraction of sp³-hybridized carbons (Fsp3) is 0.938. The molecule has 3 nitrogen and oxygen atoms in total. The number of aliphatic imine (C=N–C) groups is 1. The first-order valence-electron chi connectivity index (χ1n) is 8.48. The van der Waals surface area contributed by atoms with Gasteiger partial charge in [-0.1, -0.05) is 24.6 Å². The van der Waals surface area contributed by atoms with Gasteiger partial charge in [-0.15, -0.1) is 0 Å². The minimum absolute atomic E-state index is 0.643. The van der Waals surface area contributed by atoms with Gasteiger partial charge in [-0.2, -0.15) is 0 Å². The standard InChI is InChI=1S/C16H27N3S/c1-19-13-5-3-6-14(19)9-12(8-13)17-16-18-15-7-2-4-11(15)10-20-16/h11-15H,2-10H2,1H3,(H,17,18). The molecule has 0 aromatic heterocycles. The molecule has 2 saturated heterocycles. The summed E-state index contributed by atoms with van der Waals surface area (Å²) in [5, 5.41) is 5.07. The van der Waals surface area contributed by atoms with Gasteiger partial charge < -0.3 is 10.2 Å². The third-order valence-electron chi connectivity index (χ3n) is 6.00. The first kappa shape index (κ1) is 13.4. The zero-order chi connectivity index (χ0) is 13.5. The molecule has 3 heterocycles. The summed E-state index contributed by atoms with van der Waals surface area (Å²) in [5.74, 6) is 2.18. The van der Waals surface area contributed by atoms with E-state index < -0.39 is 0 Å². The number of thioether (sulfide) groups is 1. The summed E-state index contributed by atoms with van der Waals surface area (Å²) in [7, 11) is 2.33. The maximum atomic E-state index is 5.01. The molecule has 0 aromatic carbocycles. The number of hydrogen-bond acceptors (Lipinski definition) is 4. The van der Waals surface area contributed by atoms with Crippen molar-refractivity contribution in [2.75, 3.05) is 12.8 Å². The van der Waals surface area contributed by atoms with E-state index in [1.54, 1.807) is 0 Å². The van der Waals surface area contributed by atoms with E-state index in [9.17, 15) is 0 Å². The molecule has 2 bridgehead atoms. The SMILES string of the molecule is CN1C2CCCC1CC(NC1=NC3CCCC3CS1)C2. The summed E-state index contributed by atoms with van der Waals surface area (Å²) >= 11 is 1.99. The Hall–Kier alpha value is -0.220. The zero-order valence-corrected chi connectivity index (χ0v) is 13.4. The smallest absolute Gasteiger partial charge is 0.157 e. The van der Waals surface area contributed by atoms with Crippen LogP contribution in [-0.2, 0) is 0 Å². The minimum atomic E-state index is 0.643. The zero-order valence-electron chi connectivity index (χ0n) is 12.6. The lowest BCUT2D eigenvalue weighted by atomic mass is 9.82. The molecule has 112 valence electrons. The highest BCUT2D eigenvalue weighted by Gasteiger charge is 2.37. The van der Waals surface area contributed by atoms with Crippen LogP contribution < -0.4 is 5.32 Å². The van der Waals surface area contributed by atoms with Crippen molar-refractivity contribution in [2.45, 2.75) is 75.5 Å². The maximum Gasteiger partial charge on any atom is 0.157 e. The average Bonchev–Trinajstić information content (AvgIpc) is 2.87.